The summed E-state index contributed by atoms with van der Waals surface area (Å²) in [4.78, 5) is 40.7. The average Bonchev–Trinajstić information content (AvgIpc) is 2.61. The molecule has 2 amide bonds. The van der Waals surface area contributed by atoms with Crippen LogP contribution in [0.3, 0.4) is 0 Å². The number of hydrogen-bond donors (Lipinski definition) is 1. The van der Waals surface area contributed by atoms with Crippen molar-refractivity contribution in [2.45, 2.75) is 19.8 Å². The van der Waals surface area contributed by atoms with Crippen LogP contribution in [0.4, 0.5) is 0 Å². The maximum atomic E-state index is 11.3. The van der Waals surface area contributed by atoms with Gasteiger partial charge in [-0.2, -0.15) is 5.21 Å². The molecule has 1 saturated heterocycles. The van der Waals surface area contributed by atoms with E-state index in [2.05, 4.69) is 14.8 Å². The molecule has 106 valence electrons. The van der Waals surface area contributed by atoms with Crippen LogP contribution in [0.1, 0.15) is 19.8 Å². The van der Waals surface area contributed by atoms with Gasteiger partial charge in [0.15, 0.2) is 0 Å². The third-order valence-corrected chi connectivity index (χ3v) is 2.19. The van der Waals surface area contributed by atoms with Crippen molar-refractivity contribution < 1.29 is 38.8 Å². The summed E-state index contributed by atoms with van der Waals surface area (Å²) in [6, 6.07) is 0. The van der Waals surface area contributed by atoms with Crippen LogP contribution in [0.15, 0.2) is 5.16 Å². The summed E-state index contributed by atoms with van der Waals surface area (Å²) in [6.45, 7) is 1.91. The fourth-order valence-electron chi connectivity index (χ4n) is 1.28. The summed E-state index contributed by atoms with van der Waals surface area (Å²) in [5, 5.41) is 12.9. The minimum atomic E-state index is -1.95. The largest absolute Gasteiger partial charge is 0.412 e. The number of oxime groups is 1. The van der Waals surface area contributed by atoms with Gasteiger partial charge < -0.3 is 9.57 Å². The van der Waals surface area contributed by atoms with E-state index in [-0.39, 0.29) is 19.4 Å². The van der Waals surface area contributed by atoms with Crippen molar-refractivity contribution in [3.8, 4) is 0 Å². The Balaban J connectivity index is 2.33. The van der Waals surface area contributed by atoms with Gasteiger partial charge in [0, 0.05) is 6.61 Å². The number of ether oxygens (including phenoxy) is 1. The summed E-state index contributed by atoms with van der Waals surface area (Å²) in [5.74, 6) is -2.86. The highest BCUT2D eigenvalue weighted by atomic mass is 17.0. The van der Waals surface area contributed by atoms with Gasteiger partial charge in [-0.1, -0.05) is 5.16 Å². The van der Waals surface area contributed by atoms with Crippen molar-refractivity contribution in [1.82, 2.24) is 0 Å². The molecule has 1 aliphatic rings. The molecule has 0 aromatic rings. The fraction of sp³-hybridized carbons (Fsp3) is 0.600. The molecule has 0 radical (unpaired) electrons. The molecule has 1 rings (SSSR count). The Morgan fingerprint density at radius 3 is 2.63 bits per heavy atom. The summed E-state index contributed by atoms with van der Waals surface area (Å²) in [7, 11) is 0. The van der Waals surface area contributed by atoms with Crippen molar-refractivity contribution in [3.05, 3.63) is 0 Å². The van der Waals surface area contributed by atoms with Crippen molar-refractivity contribution in [1.29, 1.82) is 0 Å². The second-order valence-electron chi connectivity index (χ2n) is 3.55. The zero-order chi connectivity index (χ0) is 14.3. The molecule has 9 heteroatoms. The van der Waals surface area contributed by atoms with Crippen LogP contribution < -0.4 is 0 Å². The number of carbonyl (C=O) groups is 3. The van der Waals surface area contributed by atoms with Crippen LogP contribution in [-0.2, 0) is 28.8 Å². The van der Waals surface area contributed by atoms with Gasteiger partial charge in [0.1, 0.15) is 4.81 Å². The molecule has 0 atom stereocenters. The Morgan fingerprint density at radius 1 is 1.42 bits per heavy atom. The maximum absolute atomic E-state index is 11.3. The second-order valence-corrected chi connectivity index (χ2v) is 3.55. The molecule has 0 aromatic heterocycles. The number of nitrogens with zero attached hydrogens (tertiary/aromatic N) is 2. The Hall–Kier alpha value is -1.84. The van der Waals surface area contributed by atoms with Gasteiger partial charge in [-0.3, -0.25) is 0 Å². The van der Waals surface area contributed by atoms with Crippen LogP contribution in [0.5, 0.6) is 0 Å². The fourth-order valence-corrected chi connectivity index (χ4v) is 1.28. The number of carbonyl (C=O) groups excluding carboxylic acids is 3. The van der Waals surface area contributed by atoms with Gasteiger partial charge in [-0.05, 0) is 6.92 Å². The normalized spacial score (nSPS) is 18.0. The van der Waals surface area contributed by atoms with Crippen LogP contribution in [0.2, 0.25) is 0 Å². The first kappa shape index (κ1) is 15.2. The molecule has 0 spiro atoms. The Bertz CT molecular complexity index is 377. The van der Waals surface area contributed by atoms with Gasteiger partial charge in [0.05, 0.1) is 25.7 Å². The van der Waals surface area contributed by atoms with E-state index >= 15 is 0 Å². The molecule has 0 bridgehead atoms. The summed E-state index contributed by atoms with van der Waals surface area (Å²) >= 11 is 0. The molecule has 0 aromatic carbocycles. The highest BCUT2D eigenvalue weighted by molar-refractivity contribution is 5.91. The van der Waals surface area contributed by atoms with Crippen molar-refractivity contribution in [2.75, 3.05) is 19.8 Å². The molecule has 9 nitrogen and oxygen atoms in total. The summed E-state index contributed by atoms with van der Waals surface area (Å²) in [5.41, 5.74) is 0. The molecule has 0 saturated carbocycles. The lowest BCUT2D eigenvalue weighted by atomic mass is 10.4. The molecule has 0 aliphatic carbocycles. The van der Waals surface area contributed by atoms with E-state index in [0.29, 0.717) is 6.61 Å². The van der Waals surface area contributed by atoms with Gasteiger partial charge >= 0.3 is 17.8 Å². The Morgan fingerprint density at radius 2 is 2.05 bits per heavy atom. The Labute approximate surface area is 108 Å². The molecule has 1 fully saturated rings. The highest BCUT2D eigenvalue weighted by Gasteiger charge is 2.55. The van der Waals surface area contributed by atoms with E-state index in [1.807, 2.05) is 0 Å². The molecule has 1 heterocycles. The van der Waals surface area contributed by atoms with E-state index < -0.39 is 29.2 Å². The van der Waals surface area contributed by atoms with E-state index in [1.54, 1.807) is 6.92 Å². The van der Waals surface area contributed by atoms with Gasteiger partial charge in [-0.15, -0.1) is 0 Å². The predicted octanol–water partition coefficient (Wildman–Crippen LogP) is -0.464. The summed E-state index contributed by atoms with van der Waals surface area (Å²) in [6.07, 6.45) is 0.943. The smallest absolute Gasteiger partial charge is 0.384 e. The number of amides is 2. The monoisotopic (exact) mass is 275 g/mol. The van der Waals surface area contributed by atoms with Crippen molar-refractivity contribution in [2.24, 2.45) is 5.16 Å². The number of hydroxylamine groups is 4. The molecule has 19 heavy (non-hydrogen) atoms. The molecular formula is C10H15N2O7+. The number of rotatable bonds is 7. The number of hydrogen-bond acceptors (Lipinski definition) is 8. The highest BCUT2D eigenvalue weighted by Crippen LogP contribution is 2.20. The average molecular weight is 275 g/mol. The summed E-state index contributed by atoms with van der Waals surface area (Å²) < 4.78 is 4.91. The first-order valence-electron chi connectivity index (χ1n) is 5.63. The van der Waals surface area contributed by atoms with E-state index in [1.165, 1.54) is 6.21 Å². The van der Waals surface area contributed by atoms with Crippen molar-refractivity contribution in [3.63, 3.8) is 0 Å². The third kappa shape index (κ3) is 4.09. The minimum absolute atomic E-state index is 0.171. The van der Waals surface area contributed by atoms with E-state index in [9.17, 15) is 19.6 Å². The van der Waals surface area contributed by atoms with E-state index in [0.717, 1.165) is 0 Å². The molecular weight excluding hydrogens is 260 g/mol. The van der Waals surface area contributed by atoms with Crippen LogP contribution in [0, 0.1) is 0 Å². The second kappa shape index (κ2) is 6.92. The Kier molecular flexibility index (Phi) is 5.55. The van der Waals surface area contributed by atoms with Crippen LogP contribution in [-0.4, -0.2) is 53.8 Å². The molecule has 1 N–H and O–H groups in total. The minimum Gasteiger partial charge on any atom is -0.384 e. The lowest BCUT2D eigenvalue weighted by Gasteiger charge is -2.14. The first-order valence-corrected chi connectivity index (χ1v) is 5.63. The quantitative estimate of drug-likeness (QED) is 0.167. The molecule has 1 aliphatic heterocycles. The molecule has 0 unspecified atom stereocenters. The third-order valence-electron chi connectivity index (χ3n) is 2.19. The maximum Gasteiger partial charge on any atom is 0.412 e. The van der Waals surface area contributed by atoms with Gasteiger partial charge in [0.25, 0.3) is 0 Å². The topological polar surface area (TPSA) is 111 Å². The predicted molar refractivity (Wildman–Crippen MR) is 58.3 cm³/mol. The SMILES string of the molecule is CCOCC=NOCC(=O)O[N+]1(O)C(=O)CCC1=O. The van der Waals surface area contributed by atoms with Gasteiger partial charge in [0.2, 0.25) is 6.61 Å². The lowest BCUT2D eigenvalue weighted by molar-refractivity contribution is -1.12. The van der Waals surface area contributed by atoms with Gasteiger partial charge in [-0.25, -0.2) is 19.2 Å². The van der Waals surface area contributed by atoms with Crippen LogP contribution in [0.25, 0.3) is 0 Å². The standard InChI is InChI=1S/C10H15N2O7/c1-2-17-6-5-11-18-7-10(15)19-12(16)8(13)3-4-9(12)14/h5,16H,2-4,6-7H2,1H3/q+1. The van der Waals surface area contributed by atoms with Crippen molar-refractivity contribution >= 4 is 24.0 Å². The van der Waals surface area contributed by atoms with E-state index in [4.69, 9.17) is 4.74 Å². The lowest BCUT2D eigenvalue weighted by Crippen LogP contribution is -2.51. The number of imide groups is 1. The first-order chi connectivity index (χ1) is 9.00. The number of quaternary nitrogens is 1. The van der Waals surface area contributed by atoms with Crippen LogP contribution >= 0.6 is 0 Å². The zero-order valence-electron chi connectivity index (χ0n) is 10.4. The zero-order valence-corrected chi connectivity index (χ0v) is 10.4.